The third-order valence-electron chi connectivity index (χ3n) is 7.29. The van der Waals surface area contributed by atoms with E-state index in [4.69, 9.17) is 15.7 Å². The van der Waals surface area contributed by atoms with E-state index in [1.165, 1.54) is 34.8 Å². The van der Waals surface area contributed by atoms with Crippen LogP contribution >= 0.6 is 0 Å². The first-order valence-electron chi connectivity index (χ1n) is 15.5. The van der Waals surface area contributed by atoms with Crippen LogP contribution in [0.5, 0.6) is 0 Å². The Hall–Kier alpha value is -4.30. The minimum Gasteiger partial charge on any atom is -0.445 e. The van der Waals surface area contributed by atoms with Crippen LogP contribution in [0.2, 0.25) is 0 Å². The first-order chi connectivity index (χ1) is 22.5. The van der Waals surface area contributed by atoms with Crippen LogP contribution in [-0.4, -0.2) is 79.1 Å². The summed E-state index contributed by atoms with van der Waals surface area (Å²) in [7, 11) is -4.07. The number of ether oxygens (including phenoxy) is 1. The maximum absolute atomic E-state index is 13.8. The Labute approximate surface area is 276 Å². The summed E-state index contributed by atoms with van der Waals surface area (Å²) in [6.45, 7) is 3.84. The summed E-state index contributed by atoms with van der Waals surface area (Å²) in [6.07, 6.45) is -0.0683. The molecule has 0 aliphatic carbocycles. The van der Waals surface area contributed by atoms with E-state index in [0.29, 0.717) is 12.0 Å². The van der Waals surface area contributed by atoms with Gasteiger partial charge in [-0.05, 0) is 60.5 Å². The van der Waals surface area contributed by atoms with E-state index in [1.54, 1.807) is 0 Å². The summed E-state index contributed by atoms with van der Waals surface area (Å²) >= 11 is 0. The molecule has 0 saturated heterocycles. The average Bonchev–Trinajstić information content (AvgIpc) is 3.06. The quantitative estimate of drug-likeness (QED) is 0.0778. The summed E-state index contributed by atoms with van der Waals surface area (Å²) in [4.78, 5) is 26.3. The van der Waals surface area contributed by atoms with Crippen LogP contribution in [0.25, 0.3) is 0 Å². The normalized spacial score (nSPS) is 13.7. The van der Waals surface area contributed by atoms with Crippen molar-refractivity contribution in [3.63, 3.8) is 0 Å². The predicted octanol–water partition coefficient (Wildman–Crippen LogP) is 3.26. The number of amides is 2. The van der Waals surface area contributed by atoms with Crippen molar-refractivity contribution in [2.24, 2.45) is 16.8 Å². The molecular formula is C34H45N5O7S. The van der Waals surface area contributed by atoms with E-state index >= 15 is 0 Å². The number of aliphatic hydroxyl groups excluding tert-OH is 1. The number of benzene rings is 3. The second-order valence-electron chi connectivity index (χ2n) is 11.6. The Morgan fingerprint density at radius 3 is 2.13 bits per heavy atom. The maximum atomic E-state index is 13.8. The van der Waals surface area contributed by atoms with Gasteiger partial charge in [0.1, 0.15) is 12.6 Å². The Morgan fingerprint density at radius 1 is 0.936 bits per heavy atom. The van der Waals surface area contributed by atoms with Gasteiger partial charge < -0.3 is 31.4 Å². The van der Waals surface area contributed by atoms with Gasteiger partial charge in [-0.25, -0.2) is 13.2 Å². The molecule has 0 aliphatic rings. The van der Waals surface area contributed by atoms with Crippen LogP contribution in [0.1, 0.15) is 43.4 Å². The maximum Gasteiger partial charge on any atom is 0.408 e. The zero-order valence-electron chi connectivity index (χ0n) is 26.7. The molecule has 47 heavy (non-hydrogen) atoms. The molecule has 254 valence electrons. The summed E-state index contributed by atoms with van der Waals surface area (Å²) < 4.78 is 34.0. The number of oxime groups is 1. The molecule has 3 rings (SSSR count). The van der Waals surface area contributed by atoms with Crippen LogP contribution < -0.4 is 16.4 Å². The van der Waals surface area contributed by atoms with Gasteiger partial charge in [-0.2, -0.15) is 4.31 Å². The van der Waals surface area contributed by atoms with E-state index in [2.05, 4.69) is 15.8 Å². The molecule has 3 atom stereocenters. The smallest absolute Gasteiger partial charge is 0.408 e. The SMILES string of the molecule is CC(C)CN(C[C@@H](O)[C@H](Cc1ccccc1)NC(=O)[C@H](CCCN)NC(=O)OCc1ccccc1)S(=O)(=O)c1ccc(/C=N/O)cc1. The van der Waals surface area contributed by atoms with Crippen molar-refractivity contribution < 1.29 is 33.1 Å². The topological polar surface area (TPSA) is 184 Å². The van der Waals surface area contributed by atoms with Gasteiger partial charge >= 0.3 is 6.09 Å². The molecule has 0 radical (unpaired) electrons. The summed E-state index contributed by atoms with van der Waals surface area (Å²) in [6, 6.07) is 22.2. The number of hydrogen-bond donors (Lipinski definition) is 5. The number of carbonyl (C=O) groups is 2. The monoisotopic (exact) mass is 667 g/mol. The van der Waals surface area contributed by atoms with E-state index in [9.17, 15) is 23.1 Å². The average molecular weight is 668 g/mol. The number of sulfonamides is 1. The van der Waals surface area contributed by atoms with Crippen LogP contribution in [0, 0.1) is 5.92 Å². The molecule has 12 nitrogen and oxygen atoms in total. The van der Waals surface area contributed by atoms with Gasteiger partial charge in [-0.3, -0.25) is 4.79 Å². The van der Waals surface area contributed by atoms with Gasteiger partial charge in [0.2, 0.25) is 15.9 Å². The molecule has 0 spiro atoms. The summed E-state index contributed by atoms with van der Waals surface area (Å²) in [5.74, 6) is -0.638. The Kier molecular flexibility index (Phi) is 14.8. The van der Waals surface area contributed by atoms with Crippen LogP contribution in [0.4, 0.5) is 4.79 Å². The number of nitrogens with one attached hydrogen (secondary N) is 2. The first kappa shape index (κ1) is 37.2. The molecule has 6 N–H and O–H groups in total. The van der Waals surface area contributed by atoms with Crippen molar-refractivity contribution in [2.45, 2.75) is 62.8 Å². The summed E-state index contributed by atoms with van der Waals surface area (Å²) in [5, 5.41) is 28.8. The Balaban J connectivity index is 1.82. The minimum atomic E-state index is -4.07. The zero-order valence-corrected chi connectivity index (χ0v) is 27.6. The van der Waals surface area contributed by atoms with Crippen molar-refractivity contribution >= 4 is 28.2 Å². The van der Waals surface area contributed by atoms with E-state index in [1.807, 2.05) is 74.5 Å². The standard InChI is InChI=1S/C34H45N5O7S/c1-25(2)22-39(47(44,45)29-17-15-27(16-18-29)21-36-43)23-32(40)31(20-26-10-5-3-6-11-26)37-33(41)30(14-9-19-35)38-34(42)46-24-28-12-7-4-8-13-28/h3-8,10-13,15-18,21,25,30-32,40,43H,9,14,19-20,22-24,35H2,1-2H3,(H,37,41)(H,38,42)/b36-21+/t30-,31-,32+/m0/s1. The lowest BCUT2D eigenvalue weighted by molar-refractivity contribution is -0.124. The lowest BCUT2D eigenvalue weighted by Crippen LogP contribution is -2.55. The zero-order chi connectivity index (χ0) is 34.2. The molecule has 0 saturated carbocycles. The predicted molar refractivity (Wildman–Crippen MR) is 179 cm³/mol. The second kappa shape index (κ2) is 18.7. The van der Waals surface area contributed by atoms with E-state index in [0.717, 1.165) is 11.1 Å². The van der Waals surface area contributed by atoms with Crippen molar-refractivity contribution in [3.05, 3.63) is 102 Å². The van der Waals surface area contributed by atoms with Gasteiger partial charge in [0.15, 0.2) is 0 Å². The molecule has 0 bridgehead atoms. The molecule has 0 aliphatic heterocycles. The number of nitrogens with zero attached hydrogens (tertiary/aromatic N) is 2. The van der Waals surface area contributed by atoms with Gasteiger partial charge in [-0.1, -0.05) is 91.8 Å². The number of carbonyl (C=O) groups excluding carboxylic acids is 2. The number of nitrogens with two attached hydrogens (primary N) is 1. The third-order valence-corrected chi connectivity index (χ3v) is 9.14. The highest BCUT2D eigenvalue weighted by molar-refractivity contribution is 7.89. The van der Waals surface area contributed by atoms with Gasteiger partial charge in [0.05, 0.1) is 23.3 Å². The highest BCUT2D eigenvalue weighted by atomic mass is 32.2. The largest absolute Gasteiger partial charge is 0.445 e. The molecular weight excluding hydrogens is 622 g/mol. The van der Waals surface area contributed by atoms with Crippen LogP contribution in [-0.2, 0) is 32.6 Å². The molecule has 0 unspecified atom stereocenters. The molecule has 0 aromatic heterocycles. The summed E-state index contributed by atoms with van der Waals surface area (Å²) in [5.41, 5.74) is 7.81. The molecule has 13 heteroatoms. The number of hydrogen-bond acceptors (Lipinski definition) is 9. The lowest BCUT2D eigenvalue weighted by atomic mass is 10.00. The van der Waals surface area contributed by atoms with E-state index < -0.39 is 40.2 Å². The Bertz CT molecular complexity index is 1520. The van der Waals surface area contributed by atoms with Crippen LogP contribution in [0.15, 0.2) is 95.0 Å². The highest BCUT2D eigenvalue weighted by Crippen LogP contribution is 2.20. The van der Waals surface area contributed by atoms with E-state index in [-0.39, 0.29) is 49.9 Å². The van der Waals surface area contributed by atoms with Crippen LogP contribution in [0.3, 0.4) is 0 Å². The van der Waals surface area contributed by atoms with Crippen molar-refractivity contribution in [1.29, 1.82) is 0 Å². The fourth-order valence-corrected chi connectivity index (χ4v) is 6.51. The Morgan fingerprint density at radius 2 is 1.55 bits per heavy atom. The van der Waals surface area contributed by atoms with Gasteiger partial charge in [0.25, 0.3) is 0 Å². The number of rotatable bonds is 18. The molecule has 3 aromatic rings. The van der Waals surface area contributed by atoms with Crippen molar-refractivity contribution in [3.8, 4) is 0 Å². The molecule has 3 aromatic carbocycles. The first-order valence-corrected chi connectivity index (χ1v) is 16.9. The molecule has 0 fully saturated rings. The highest BCUT2D eigenvalue weighted by Gasteiger charge is 2.33. The fourth-order valence-electron chi connectivity index (χ4n) is 4.89. The van der Waals surface area contributed by atoms with Gasteiger partial charge in [-0.15, -0.1) is 0 Å². The number of alkyl carbamates (subject to hydrolysis) is 1. The minimum absolute atomic E-state index is 0.00384. The lowest BCUT2D eigenvalue weighted by Gasteiger charge is -2.31. The number of aliphatic hydroxyl groups is 1. The van der Waals surface area contributed by atoms with Gasteiger partial charge in [0, 0.05) is 13.1 Å². The van der Waals surface area contributed by atoms with Crippen molar-refractivity contribution in [2.75, 3.05) is 19.6 Å². The second-order valence-corrected chi connectivity index (χ2v) is 13.5. The molecule has 2 amide bonds. The fraction of sp³-hybridized carbons (Fsp3) is 0.382. The van der Waals surface area contributed by atoms with Crippen molar-refractivity contribution in [1.82, 2.24) is 14.9 Å². The molecule has 0 heterocycles. The third kappa shape index (κ3) is 12.1.